The van der Waals surface area contributed by atoms with E-state index in [2.05, 4.69) is 0 Å². The fourth-order valence-electron chi connectivity index (χ4n) is 1.48. The number of halogens is 1. The van der Waals surface area contributed by atoms with E-state index in [4.69, 9.17) is 5.73 Å². The Morgan fingerprint density at radius 1 is 1.50 bits per heavy atom. The number of primary amides is 1. The summed E-state index contributed by atoms with van der Waals surface area (Å²) in [6.45, 7) is 0.745. The monoisotopic (exact) mass is 363 g/mol. The van der Waals surface area contributed by atoms with Gasteiger partial charge in [-0.2, -0.15) is 0 Å². The van der Waals surface area contributed by atoms with E-state index in [0.29, 0.717) is 9.99 Å². The van der Waals surface area contributed by atoms with Gasteiger partial charge in [-0.3, -0.25) is 14.9 Å². The predicted octanol–water partition coefficient (Wildman–Crippen LogP) is 1.40. The van der Waals surface area contributed by atoms with Crippen molar-refractivity contribution in [2.24, 2.45) is 5.73 Å². The van der Waals surface area contributed by atoms with Crippen LogP contribution in [0.1, 0.15) is 15.9 Å². The number of hydrogen-bond acceptors (Lipinski definition) is 4. The number of nitro benzene ring substituents is 1. The summed E-state index contributed by atoms with van der Waals surface area (Å²) in [7, 11) is 3.83. The predicted molar refractivity (Wildman–Crippen MR) is 76.6 cm³/mol. The zero-order valence-corrected chi connectivity index (χ0v) is 12.3. The lowest BCUT2D eigenvalue weighted by Gasteiger charge is -2.12. The van der Waals surface area contributed by atoms with E-state index < -0.39 is 10.8 Å². The number of likely N-dealkylation sites (N-methyl/N-ethyl adjacent to an activating group) is 1. The number of nitro groups is 1. The maximum Gasteiger partial charge on any atom is 0.270 e. The second kappa shape index (κ2) is 6.10. The van der Waals surface area contributed by atoms with Crippen LogP contribution in [0.2, 0.25) is 0 Å². The van der Waals surface area contributed by atoms with E-state index >= 15 is 0 Å². The fourth-order valence-corrected chi connectivity index (χ4v) is 2.33. The summed E-state index contributed by atoms with van der Waals surface area (Å²) in [6, 6.07) is 2.72. The number of amides is 1. The Bertz CT molecular complexity index is 489. The minimum absolute atomic E-state index is 0.0991. The molecule has 0 atom stereocenters. The lowest BCUT2D eigenvalue weighted by Crippen LogP contribution is -2.18. The number of rotatable bonds is 5. The van der Waals surface area contributed by atoms with Crippen molar-refractivity contribution in [3.63, 3.8) is 0 Å². The number of benzene rings is 1. The van der Waals surface area contributed by atoms with E-state index in [-0.39, 0.29) is 11.3 Å². The van der Waals surface area contributed by atoms with E-state index in [1.54, 1.807) is 0 Å². The first kappa shape index (κ1) is 14.8. The van der Waals surface area contributed by atoms with Gasteiger partial charge >= 0.3 is 0 Å². The van der Waals surface area contributed by atoms with Gasteiger partial charge in [0.2, 0.25) is 5.91 Å². The Kier molecular flexibility index (Phi) is 5.03. The molecule has 0 heterocycles. The van der Waals surface area contributed by atoms with Gasteiger partial charge in [0, 0.05) is 22.2 Å². The zero-order chi connectivity index (χ0) is 13.9. The summed E-state index contributed by atoms with van der Waals surface area (Å²) in [5.41, 5.74) is 6.11. The first-order valence-electron chi connectivity index (χ1n) is 5.24. The molecule has 0 aliphatic rings. The van der Waals surface area contributed by atoms with E-state index in [1.165, 1.54) is 12.1 Å². The fraction of sp³-hybridized carbons (Fsp3) is 0.364. The summed E-state index contributed by atoms with van der Waals surface area (Å²) in [5, 5.41) is 10.8. The molecule has 1 rings (SSSR count). The minimum Gasteiger partial charge on any atom is -0.366 e. The normalized spacial score (nSPS) is 10.7. The third-order valence-corrected chi connectivity index (χ3v) is 3.71. The van der Waals surface area contributed by atoms with Crippen LogP contribution < -0.4 is 5.73 Å². The SMILES string of the molecule is CN(C)CCc1cc([N+](=O)[O-])cc(C(N)=O)c1I. The van der Waals surface area contributed by atoms with Crippen molar-refractivity contribution in [2.75, 3.05) is 20.6 Å². The van der Waals surface area contributed by atoms with Crippen molar-refractivity contribution in [3.8, 4) is 0 Å². The maximum absolute atomic E-state index is 11.3. The van der Waals surface area contributed by atoms with Gasteiger partial charge < -0.3 is 10.6 Å². The first-order chi connectivity index (χ1) is 8.32. The highest BCUT2D eigenvalue weighted by atomic mass is 127. The van der Waals surface area contributed by atoms with Gasteiger partial charge in [-0.1, -0.05) is 0 Å². The molecule has 6 nitrogen and oxygen atoms in total. The third kappa shape index (κ3) is 3.64. The number of carbonyl (C=O) groups is 1. The number of nitrogens with two attached hydrogens (primary N) is 1. The second-order valence-corrected chi connectivity index (χ2v) is 5.22. The molecule has 0 saturated heterocycles. The van der Waals surface area contributed by atoms with Crippen molar-refractivity contribution in [2.45, 2.75) is 6.42 Å². The Balaban J connectivity index is 3.22. The largest absolute Gasteiger partial charge is 0.366 e. The second-order valence-electron chi connectivity index (χ2n) is 4.14. The van der Waals surface area contributed by atoms with Gasteiger partial charge in [0.15, 0.2) is 0 Å². The van der Waals surface area contributed by atoms with Crippen LogP contribution >= 0.6 is 22.6 Å². The Hall–Kier alpha value is -1.22. The molecule has 0 unspecified atom stereocenters. The summed E-state index contributed by atoms with van der Waals surface area (Å²) in [6.07, 6.45) is 0.632. The molecule has 0 radical (unpaired) electrons. The summed E-state index contributed by atoms with van der Waals surface area (Å²) in [5.74, 6) is -0.644. The molecule has 0 spiro atoms. The molecule has 1 aromatic rings. The molecule has 0 fully saturated rings. The van der Waals surface area contributed by atoms with Gasteiger partial charge in [-0.25, -0.2) is 0 Å². The van der Waals surface area contributed by atoms with Crippen LogP contribution in [0, 0.1) is 13.7 Å². The zero-order valence-electron chi connectivity index (χ0n) is 10.1. The van der Waals surface area contributed by atoms with Gasteiger partial charge in [-0.05, 0) is 48.7 Å². The highest BCUT2D eigenvalue weighted by molar-refractivity contribution is 14.1. The van der Waals surface area contributed by atoms with Crippen LogP contribution in [0.15, 0.2) is 12.1 Å². The van der Waals surface area contributed by atoms with Crippen molar-refractivity contribution in [3.05, 3.63) is 36.9 Å². The number of carbonyl (C=O) groups excluding carboxylic acids is 1. The molecule has 0 saturated carbocycles. The number of hydrogen-bond donors (Lipinski definition) is 1. The summed E-state index contributed by atoms with van der Waals surface area (Å²) >= 11 is 2.00. The van der Waals surface area contributed by atoms with Crippen LogP contribution in [0.4, 0.5) is 5.69 Å². The molecule has 0 bridgehead atoms. The Labute approximate surface area is 118 Å². The molecule has 7 heteroatoms. The lowest BCUT2D eigenvalue weighted by atomic mass is 10.1. The van der Waals surface area contributed by atoms with Crippen molar-refractivity contribution in [1.29, 1.82) is 0 Å². The Morgan fingerprint density at radius 3 is 2.56 bits per heavy atom. The first-order valence-corrected chi connectivity index (χ1v) is 6.32. The molecule has 98 valence electrons. The molecule has 1 amide bonds. The van der Waals surface area contributed by atoms with E-state index in [0.717, 1.165) is 12.1 Å². The van der Waals surface area contributed by atoms with Crippen molar-refractivity contribution in [1.82, 2.24) is 4.90 Å². The average molecular weight is 363 g/mol. The topological polar surface area (TPSA) is 89.5 Å². The van der Waals surface area contributed by atoms with Crippen LogP contribution in [-0.4, -0.2) is 36.4 Å². The van der Waals surface area contributed by atoms with Crippen LogP contribution in [-0.2, 0) is 6.42 Å². The van der Waals surface area contributed by atoms with Gasteiger partial charge in [0.05, 0.1) is 10.5 Å². The molecular formula is C11H14IN3O3. The van der Waals surface area contributed by atoms with Crippen molar-refractivity contribution < 1.29 is 9.72 Å². The third-order valence-electron chi connectivity index (χ3n) is 2.44. The molecule has 18 heavy (non-hydrogen) atoms. The van der Waals surface area contributed by atoms with Crippen LogP contribution in [0.5, 0.6) is 0 Å². The van der Waals surface area contributed by atoms with Crippen LogP contribution in [0.3, 0.4) is 0 Å². The van der Waals surface area contributed by atoms with Crippen molar-refractivity contribution >= 4 is 34.2 Å². The van der Waals surface area contributed by atoms with E-state index in [1.807, 2.05) is 41.6 Å². The van der Waals surface area contributed by atoms with Gasteiger partial charge in [-0.15, -0.1) is 0 Å². The maximum atomic E-state index is 11.3. The average Bonchev–Trinajstić information content (AvgIpc) is 2.26. The standard InChI is InChI=1S/C11H14IN3O3/c1-14(2)4-3-7-5-8(15(17)18)6-9(10(7)12)11(13)16/h5-6H,3-4H2,1-2H3,(H2,13,16). The summed E-state index contributed by atoms with van der Waals surface area (Å²) < 4.78 is 0.688. The minimum atomic E-state index is -0.644. The molecular weight excluding hydrogens is 349 g/mol. The van der Waals surface area contributed by atoms with Crippen LogP contribution in [0.25, 0.3) is 0 Å². The molecule has 0 aliphatic heterocycles. The molecule has 1 aromatic carbocycles. The molecule has 2 N–H and O–H groups in total. The summed E-state index contributed by atoms with van der Waals surface area (Å²) in [4.78, 5) is 23.5. The lowest BCUT2D eigenvalue weighted by molar-refractivity contribution is -0.385. The van der Waals surface area contributed by atoms with Gasteiger partial charge in [0.25, 0.3) is 5.69 Å². The highest BCUT2D eigenvalue weighted by Crippen LogP contribution is 2.24. The number of nitrogens with zero attached hydrogens (tertiary/aromatic N) is 2. The quantitative estimate of drug-likeness (QED) is 0.487. The smallest absolute Gasteiger partial charge is 0.270 e. The Morgan fingerprint density at radius 2 is 2.11 bits per heavy atom. The number of non-ortho nitro benzene ring substituents is 1. The molecule has 0 aliphatic carbocycles. The molecule has 0 aromatic heterocycles. The van der Waals surface area contributed by atoms with Gasteiger partial charge in [0.1, 0.15) is 0 Å². The highest BCUT2D eigenvalue weighted by Gasteiger charge is 2.17. The van der Waals surface area contributed by atoms with E-state index in [9.17, 15) is 14.9 Å².